The highest BCUT2D eigenvalue weighted by molar-refractivity contribution is 9.10. The van der Waals surface area contributed by atoms with Crippen LogP contribution in [-0.4, -0.2) is 47.4 Å². The van der Waals surface area contributed by atoms with Crippen molar-refractivity contribution in [3.05, 3.63) is 20.8 Å². The number of hydrogen-bond donors (Lipinski definition) is 0. The summed E-state index contributed by atoms with van der Waals surface area (Å²) in [5, 5.41) is 1.95. The first kappa shape index (κ1) is 14.0. The molecular weight excluding hydrogens is 312 g/mol. The van der Waals surface area contributed by atoms with E-state index < -0.39 is 0 Å². The van der Waals surface area contributed by atoms with E-state index in [0.717, 1.165) is 35.5 Å². The number of thiophene rings is 1. The van der Waals surface area contributed by atoms with Crippen LogP contribution in [0.4, 0.5) is 0 Å². The van der Waals surface area contributed by atoms with Crippen molar-refractivity contribution < 1.29 is 4.79 Å². The largest absolute Gasteiger partial charge is 0.335 e. The average Bonchev–Trinajstić information content (AvgIpc) is 2.73. The molecule has 0 aromatic carbocycles. The Morgan fingerprint density at radius 3 is 2.33 bits per heavy atom. The quantitative estimate of drug-likeness (QED) is 0.790. The third kappa shape index (κ3) is 2.95. The molecule has 0 bridgehead atoms. The van der Waals surface area contributed by atoms with Gasteiger partial charge in [0.05, 0.1) is 0 Å². The zero-order valence-corrected chi connectivity index (χ0v) is 13.5. The van der Waals surface area contributed by atoms with Crippen LogP contribution in [0.3, 0.4) is 0 Å². The molecule has 1 amide bonds. The van der Waals surface area contributed by atoms with E-state index in [-0.39, 0.29) is 11.4 Å². The van der Waals surface area contributed by atoms with Gasteiger partial charge in [0.25, 0.3) is 5.91 Å². The molecule has 0 atom stereocenters. The molecule has 0 saturated carbocycles. The number of amides is 1. The molecule has 18 heavy (non-hydrogen) atoms. The fourth-order valence-electron chi connectivity index (χ4n) is 2.17. The monoisotopic (exact) mass is 330 g/mol. The van der Waals surface area contributed by atoms with Gasteiger partial charge in [0.1, 0.15) is 4.88 Å². The van der Waals surface area contributed by atoms with Crippen molar-refractivity contribution in [3.63, 3.8) is 0 Å². The second-order valence-corrected chi connectivity index (χ2v) is 7.32. The minimum absolute atomic E-state index is 0.158. The predicted octanol–water partition coefficient (Wildman–Crippen LogP) is 3.07. The molecule has 0 aliphatic carbocycles. The zero-order chi connectivity index (χ0) is 13.3. The van der Waals surface area contributed by atoms with Crippen molar-refractivity contribution in [1.82, 2.24) is 9.80 Å². The fraction of sp³-hybridized carbons (Fsp3) is 0.615. The summed E-state index contributed by atoms with van der Waals surface area (Å²) in [5.41, 5.74) is 0.193. The topological polar surface area (TPSA) is 23.6 Å². The third-order valence-corrected chi connectivity index (χ3v) is 5.15. The number of hydrogen-bond acceptors (Lipinski definition) is 3. The van der Waals surface area contributed by atoms with Gasteiger partial charge in [0.2, 0.25) is 0 Å². The van der Waals surface area contributed by atoms with Gasteiger partial charge in [-0.05, 0) is 48.1 Å². The Balaban J connectivity index is 1.99. The normalized spacial score (nSPS) is 18.1. The van der Waals surface area contributed by atoms with Crippen LogP contribution in [0.2, 0.25) is 0 Å². The van der Waals surface area contributed by atoms with Gasteiger partial charge in [0, 0.05) is 36.2 Å². The van der Waals surface area contributed by atoms with E-state index in [9.17, 15) is 4.79 Å². The molecule has 0 spiro atoms. The van der Waals surface area contributed by atoms with Crippen molar-refractivity contribution in [2.24, 2.45) is 0 Å². The summed E-state index contributed by atoms with van der Waals surface area (Å²) in [4.78, 5) is 17.5. The first-order valence-corrected chi connectivity index (χ1v) is 7.84. The van der Waals surface area contributed by atoms with Crippen molar-refractivity contribution in [1.29, 1.82) is 0 Å². The summed E-state index contributed by atoms with van der Waals surface area (Å²) in [6.45, 7) is 10.2. The lowest BCUT2D eigenvalue weighted by Crippen LogP contribution is -2.54. The molecule has 5 heteroatoms. The van der Waals surface area contributed by atoms with Gasteiger partial charge in [-0.25, -0.2) is 0 Å². The highest BCUT2D eigenvalue weighted by Gasteiger charge is 2.29. The predicted molar refractivity (Wildman–Crippen MR) is 79.2 cm³/mol. The SMILES string of the molecule is CC(C)(C)N1CCN(C(=O)c2sccc2Br)CC1. The molecule has 1 fully saturated rings. The van der Waals surface area contributed by atoms with Crippen LogP contribution in [0, 0.1) is 0 Å². The Labute approximate surface area is 121 Å². The van der Waals surface area contributed by atoms with Crippen molar-refractivity contribution in [3.8, 4) is 0 Å². The molecule has 2 heterocycles. The summed E-state index contributed by atoms with van der Waals surface area (Å²) < 4.78 is 0.913. The van der Waals surface area contributed by atoms with Gasteiger partial charge in [-0.1, -0.05) is 0 Å². The average molecular weight is 331 g/mol. The number of carbonyl (C=O) groups is 1. The lowest BCUT2D eigenvalue weighted by Gasteiger charge is -2.42. The van der Waals surface area contributed by atoms with Crippen LogP contribution in [0.5, 0.6) is 0 Å². The number of piperazine rings is 1. The van der Waals surface area contributed by atoms with Gasteiger partial charge in [0.15, 0.2) is 0 Å². The maximum atomic E-state index is 12.3. The Hall–Kier alpha value is -0.390. The highest BCUT2D eigenvalue weighted by Crippen LogP contribution is 2.25. The van der Waals surface area contributed by atoms with Gasteiger partial charge >= 0.3 is 0 Å². The van der Waals surface area contributed by atoms with E-state index in [4.69, 9.17) is 0 Å². The van der Waals surface area contributed by atoms with Crippen LogP contribution in [0.15, 0.2) is 15.9 Å². The maximum absolute atomic E-state index is 12.3. The van der Waals surface area contributed by atoms with E-state index in [1.54, 1.807) is 0 Å². The molecule has 1 aromatic rings. The summed E-state index contributed by atoms with van der Waals surface area (Å²) in [7, 11) is 0. The molecule has 0 N–H and O–H groups in total. The molecule has 1 aromatic heterocycles. The molecule has 0 radical (unpaired) electrons. The Kier molecular flexibility index (Phi) is 4.14. The second-order valence-electron chi connectivity index (χ2n) is 5.55. The molecule has 1 saturated heterocycles. The molecule has 2 rings (SSSR count). The van der Waals surface area contributed by atoms with E-state index >= 15 is 0 Å². The zero-order valence-electron chi connectivity index (χ0n) is 11.1. The first-order chi connectivity index (χ1) is 8.39. The summed E-state index contributed by atoms with van der Waals surface area (Å²) >= 11 is 4.94. The highest BCUT2D eigenvalue weighted by atomic mass is 79.9. The van der Waals surface area contributed by atoms with E-state index in [1.165, 1.54) is 11.3 Å². The van der Waals surface area contributed by atoms with Crippen molar-refractivity contribution >= 4 is 33.2 Å². The van der Waals surface area contributed by atoms with E-state index in [0.29, 0.717) is 0 Å². The van der Waals surface area contributed by atoms with Crippen molar-refractivity contribution in [2.45, 2.75) is 26.3 Å². The summed E-state index contributed by atoms with van der Waals surface area (Å²) in [6.07, 6.45) is 0. The van der Waals surface area contributed by atoms with Gasteiger partial charge in [-0.15, -0.1) is 11.3 Å². The number of carbonyl (C=O) groups excluding carboxylic acids is 1. The van der Waals surface area contributed by atoms with Gasteiger partial charge in [-0.2, -0.15) is 0 Å². The molecule has 100 valence electrons. The van der Waals surface area contributed by atoms with E-state index in [1.807, 2.05) is 16.3 Å². The van der Waals surface area contributed by atoms with Crippen LogP contribution in [0.1, 0.15) is 30.4 Å². The lowest BCUT2D eigenvalue weighted by atomic mass is 10.0. The Morgan fingerprint density at radius 1 is 1.28 bits per heavy atom. The molecule has 1 aliphatic rings. The molecule has 3 nitrogen and oxygen atoms in total. The molecular formula is C13H19BrN2OS. The van der Waals surface area contributed by atoms with Crippen molar-refractivity contribution in [2.75, 3.05) is 26.2 Å². The summed E-state index contributed by atoms with van der Waals surface area (Å²) in [6, 6.07) is 1.93. The van der Waals surface area contributed by atoms with E-state index in [2.05, 4.69) is 41.6 Å². The fourth-order valence-corrected chi connectivity index (χ4v) is 3.68. The van der Waals surface area contributed by atoms with Crippen LogP contribution >= 0.6 is 27.3 Å². The lowest BCUT2D eigenvalue weighted by molar-refractivity contribution is 0.0454. The maximum Gasteiger partial charge on any atom is 0.265 e. The van der Waals surface area contributed by atoms with Gasteiger partial charge < -0.3 is 4.90 Å². The minimum atomic E-state index is 0.158. The van der Waals surface area contributed by atoms with Crippen LogP contribution < -0.4 is 0 Å². The third-order valence-electron chi connectivity index (χ3n) is 3.33. The second kappa shape index (κ2) is 5.31. The first-order valence-electron chi connectivity index (χ1n) is 6.17. The van der Waals surface area contributed by atoms with Crippen LogP contribution in [0.25, 0.3) is 0 Å². The number of nitrogens with zero attached hydrogens (tertiary/aromatic N) is 2. The number of rotatable bonds is 1. The van der Waals surface area contributed by atoms with Crippen LogP contribution in [-0.2, 0) is 0 Å². The Bertz CT molecular complexity index is 430. The van der Waals surface area contributed by atoms with Gasteiger partial charge in [-0.3, -0.25) is 9.69 Å². The number of halogens is 1. The standard InChI is InChI=1S/C13H19BrN2OS/c1-13(2,3)16-7-5-15(6-8-16)12(17)11-10(14)4-9-18-11/h4,9H,5-8H2,1-3H3. The minimum Gasteiger partial charge on any atom is -0.335 e. The molecule has 1 aliphatic heterocycles. The Morgan fingerprint density at radius 2 is 1.89 bits per heavy atom. The smallest absolute Gasteiger partial charge is 0.265 e. The summed E-state index contributed by atoms with van der Waals surface area (Å²) in [5.74, 6) is 0.158. The molecule has 0 unspecified atom stereocenters.